The SMILES string of the molecule is CC1CNCCN1c1ccc[nH]c1=O. The van der Waals surface area contributed by atoms with E-state index in [0.717, 1.165) is 25.3 Å². The summed E-state index contributed by atoms with van der Waals surface area (Å²) < 4.78 is 0. The summed E-state index contributed by atoms with van der Waals surface area (Å²) in [7, 11) is 0. The van der Waals surface area contributed by atoms with Crippen molar-refractivity contribution in [2.75, 3.05) is 24.5 Å². The van der Waals surface area contributed by atoms with Gasteiger partial charge in [-0.15, -0.1) is 0 Å². The maximum absolute atomic E-state index is 11.5. The third kappa shape index (κ3) is 1.65. The zero-order chi connectivity index (χ0) is 9.97. The quantitative estimate of drug-likeness (QED) is 0.668. The Labute approximate surface area is 82.9 Å². The van der Waals surface area contributed by atoms with E-state index in [0.29, 0.717) is 6.04 Å². The lowest BCUT2D eigenvalue weighted by Gasteiger charge is -2.35. The van der Waals surface area contributed by atoms with Crippen LogP contribution < -0.4 is 15.8 Å². The van der Waals surface area contributed by atoms with Gasteiger partial charge in [-0.05, 0) is 19.1 Å². The van der Waals surface area contributed by atoms with E-state index in [1.807, 2.05) is 12.1 Å². The first-order valence-corrected chi connectivity index (χ1v) is 4.94. The summed E-state index contributed by atoms with van der Waals surface area (Å²) in [5.74, 6) is 0. The topological polar surface area (TPSA) is 48.1 Å². The number of anilines is 1. The van der Waals surface area contributed by atoms with Crippen LogP contribution in [0.2, 0.25) is 0 Å². The molecule has 2 rings (SSSR count). The van der Waals surface area contributed by atoms with Crippen LogP contribution in [0.4, 0.5) is 5.69 Å². The highest BCUT2D eigenvalue weighted by atomic mass is 16.1. The van der Waals surface area contributed by atoms with Crippen LogP contribution in [0.15, 0.2) is 23.1 Å². The van der Waals surface area contributed by atoms with E-state index in [1.165, 1.54) is 0 Å². The third-order valence-electron chi connectivity index (χ3n) is 2.61. The van der Waals surface area contributed by atoms with Crippen molar-refractivity contribution < 1.29 is 0 Å². The van der Waals surface area contributed by atoms with Crippen LogP contribution in [-0.4, -0.2) is 30.7 Å². The van der Waals surface area contributed by atoms with E-state index in [9.17, 15) is 4.79 Å². The number of piperazine rings is 1. The fourth-order valence-corrected chi connectivity index (χ4v) is 1.84. The van der Waals surface area contributed by atoms with Crippen LogP contribution in [0.3, 0.4) is 0 Å². The summed E-state index contributed by atoms with van der Waals surface area (Å²) in [6.07, 6.45) is 1.67. The zero-order valence-corrected chi connectivity index (χ0v) is 8.29. The molecule has 0 aliphatic carbocycles. The molecule has 14 heavy (non-hydrogen) atoms. The molecule has 0 bridgehead atoms. The second-order valence-electron chi connectivity index (χ2n) is 3.63. The fourth-order valence-electron chi connectivity index (χ4n) is 1.84. The van der Waals surface area contributed by atoms with Gasteiger partial charge in [-0.25, -0.2) is 0 Å². The van der Waals surface area contributed by atoms with Crippen molar-refractivity contribution in [2.24, 2.45) is 0 Å². The standard InChI is InChI=1S/C10H15N3O/c1-8-7-11-5-6-13(8)9-3-2-4-12-10(9)14/h2-4,8,11H,5-7H2,1H3,(H,12,14). The highest BCUT2D eigenvalue weighted by molar-refractivity contribution is 5.45. The normalized spacial score (nSPS) is 22.4. The van der Waals surface area contributed by atoms with Gasteiger partial charge in [0.2, 0.25) is 0 Å². The molecule has 4 nitrogen and oxygen atoms in total. The van der Waals surface area contributed by atoms with Gasteiger partial charge in [0.15, 0.2) is 0 Å². The number of nitrogens with one attached hydrogen (secondary N) is 2. The molecule has 1 aromatic heterocycles. The molecule has 1 aliphatic rings. The number of H-pyrrole nitrogens is 1. The third-order valence-corrected chi connectivity index (χ3v) is 2.61. The Morgan fingerprint density at radius 3 is 3.14 bits per heavy atom. The Bertz CT molecular complexity index is 360. The second kappa shape index (κ2) is 3.84. The molecule has 1 aromatic rings. The first kappa shape index (κ1) is 9.27. The molecule has 0 saturated carbocycles. The van der Waals surface area contributed by atoms with Gasteiger partial charge in [-0.2, -0.15) is 0 Å². The monoisotopic (exact) mass is 193 g/mol. The van der Waals surface area contributed by atoms with E-state index in [-0.39, 0.29) is 5.56 Å². The predicted octanol–water partition coefficient (Wildman–Crippen LogP) is 0.173. The van der Waals surface area contributed by atoms with Crippen molar-refractivity contribution in [3.8, 4) is 0 Å². The van der Waals surface area contributed by atoms with Crippen LogP contribution in [-0.2, 0) is 0 Å². The number of aromatic amines is 1. The molecule has 0 amide bonds. The molecule has 76 valence electrons. The molecule has 1 saturated heterocycles. The Hall–Kier alpha value is -1.29. The van der Waals surface area contributed by atoms with Crippen molar-refractivity contribution in [1.29, 1.82) is 0 Å². The van der Waals surface area contributed by atoms with E-state index >= 15 is 0 Å². The van der Waals surface area contributed by atoms with E-state index in [2.05, 4.69) is 22.1 Å². The minimum Gasteiger partial charge on any atom is -0.362 e. The predicted molar refractivity (Wildman–Crippen MR) is 56.7 cm³/mol. The lowest BCUT2D eigenvalue weighted by atomic mass is 10.2. The summed E-state index contributed by atoms with van der Waals surface area (Å²) in [5, 5.41) is 3.30. The van der Waals surface area contributed by atoms with Crippen LogP contribution in [0, 0.1) is 0 Å². The molecule has 0 radical (unpaired) electrons. The van der Waals surface area contributed by atoms with Crippen LogP contribution in [0.25, 0.3) is 0 Å². The van der Waals surface area contributed by atoms with Crippen molar-refractivity contribution >= 4 is 5.69 Å². The first-order chi connectivity index (χ1) is 6.79. The van der Waals surface area contributed by atoms with Gasteiger partial charge in [0.1, 0.15) is 5.69 Å². The van der Waals surface area contributed by atoms with E-state index in [1.54, 1.807) is 6.20 Å². The first-order valence-electron chi connectivity index (χ1n) is 4.94. The maximum Gasteiger partial charge on any atom is 0.271 e. The number of rotatable bonds is 1. The molecule has 1 unspecified atom stereocenters. The van der Waals surface area contributed by atoms with E-state index in [4.69, 9.17) is 0 Å². The van der Waals surface area contributed by atoms with Gasteiger partial charge in [-0.3, -0.25) is 4.79 Å². The summed E-state index contributed by atoms with van der Waals surface area (Å²) >= 11 is 0. The number of aromatic nitrogens is 1. The highest BCUT2D eigenvalue weighted by Gasteiger charge is 2.19. The fraction of sp³-hybridized carbons (Fsp3) is 0.500. The summed E-state index contributed by atoms with van der Waals surface area (Å²) in [5.41, 5.74) is 0.780. The van der Waals surface area contributed by atoms with Gasteiger partial charge < -0.3 is 15.2 Å². The lowest BCUT2D eigenvalue weighted by Crippen LogP contribution is -2.51. The van der Waals surface area contributed by atoms with Gasteiger partial charge in [0, 0.05) is 31.9 Å². The molecule has 1 fully saturated rings. The summed E-state index contributed by atoms with van der Waals surface area (Å²) in [6.45, 7) is 4.90. The van der Waals surface area contributed by atoms with Crippen LogP contribution in [0.1, 0.15) is 6.92 Å². The maximum atomic E-state index is 11.5. The average Bonchev–Trinajstić information content (AvgIpc) is 2.20. The smallest absolute Gasteiger partial charge is 0.271 e. The van der Waals surface area contributed by atoms with Crippen LogP contribution >= 0.6 is 0 Å². The Morgan fingerprint density at radius 2 is 2.43 bits per heavy atom. The molecule has 1 atom stereocenters. The number of hydrogen-bond donors (Lipinski definition) is 2. The Balaban J connectivity index is 2.29. The van der Waals surface area contributed by atoms with Crippen molar-refractivity contribution in [3.63, 3.8) is 0 Å². The highest BCUT2D eigenvalue weighted by Crippen LogP contribution is 2.12. The van der Waals surface area contributed by atoms with Crippen molar-refractivity contribution in [3.05, 3.63) is 28.7 Å². The number of pyridine rings is 1. The average molecular weight is 193 g/mol. The summed E-state index contributed by atoms with van der Waals surface area (Å²) in [4.78, 5) is 16.4. The molecule has 4 heteroatoms. The van der Waals surface area contributed by atoms with Gasteiger partial charge >= 0.3 is 0 Å². The van der Waals surface area contributed by atoms with Crippen LogP contribution in [0.5, 0.6) is 0 Å². The summed E-state index contributed by atoms with van der Waals surface area (Å²) in [6, 6.07) is 4.12. The minimum absolute atomic E-state index is 0.00116. The molecule has 2 heterocycles. The second-order valence-corrected chi connectivity index (χ2v) is 3.63. The molecular weight excluding hydrogens is 178 g/mol. The molecule has 2 N–H and O–H groups in total. The Morgan fingerprint density at radius 1 is 1.57 bits per heavy atom. The van der Waals surface area contributed by atoms with Gasteiger partial charge in [0.05, 0.1) is 0 Å². The zero-order valence-electron chi connectivity index (χ0n) is 8.29. The largest absolute Gasteiger partial charge is 0.362 e. The molecular formula is C10H15N3O. The van der Waals surface area contributed by atoms with Gasteiger partial charge in [0.25, 0.3) is 5.56 Å². The van der Waals surface area contributed by atoms with Gasteiger partial charge in [-0.1, -0.05) is 0 Å². The van der Waals surface area contributed by atoms with Crippen molar-refractivity contribution in [2.45, 2.75) is 13.0 Å². The molecule has 0 spiro atoms. The number of hydrogen-bond acceptors (Lipinski definition) is 3. The minimum atomic E-state index is 0.00116. The van der Waals surface area contributed by atoms with E-state index < -0.39 is 0 Å². The number of nitrogens with zero attached hydrogens (tertiary/aromatic N) is 1. The molecule has 1 aliphatic heterocycles. The Kier molecular flexibility index (Phi) is 2.54. The molecule has 0 aromatic carbocycles. The lowest BCUT2D eigenvalue weighted by molar-refractivity contribution is 0.499. The van der Waals surface area contributed by atoms with Crippen molar-refractivity contribution in [1.82, 2.24) is 10.3 Å².